The Kier molecular flexibility index (Phi) is 6.54. The van der Waals surface area contributed by atoms with Crippen molar-refractivity contribution in [3.63, 3.8) is 0 Å². The van der Waals surface area contributed by atoms with Crippen molar-refractivity contribution in [2.45, 2.75) is 25.7 Å². The summed E-state index contributed by atoms with van der Waals surface area (Å²) in [7, 11) is 0. The lowest BCUT2D eigenvalue weighted by Gasteiger charge is -2.13. The minimum Gasteiger partial charge on any atom is -0.323 e. The summed E-state index contributed by atoms with van der Waals surface area (Å²) in [5.41, 5.74) is 3.49. The predicted octanol–water partition coefficient (Wildman–Crippen LogP) is 5.83. The molecule has 0 aliphatic heterocycles. The van der Waals surface area contributed by atoms with Crippen LogP contribution < -0.4 is 10.9 Å². The summed E-state index contributed by atoms with van der Waals surface area (Å²) in [5, 5.41) is 3.38. The van der Waals surface area contributed by atoms with Crippen molar-refractivity contribution in [1.82, 2.24) is 9.55 Å². The van der Waals surface area contributed by atoms with E-state index in [0.29, 0.717) is 16.9 Å². The molecule has 0 saturated carbocycles. The molecule has 0 bridgehead atoms. The van der Waals surface area contributed by atoms with Gasteiger partial charge in [0.25, 0.3) is 5.56 Å². The van der Waals surface area contributed by atoms with E-state index in [4.69, 9.17) is 11.6 Å². The highest BCUT2D eigenvalue weighted by Gasteiger charge is 2.13. The topological polar surface area (TPSA) is 64.0 Å². The van der Waals surface area contributed by atoms with E-state index in [1.165, 1.54) is 23.9 Å². The number of nitrogens with one attached hydrogen (secondary N) is 1. The molecule has 5 nitrogen and oxygen atoms in total. The molecule has 0 aliphatic carbocycles. The first-order valence-corrected chi connectivity index (χ1v) is 11.6. The molecule has 0 fully saturated rings. The molecule has 4 aromatic rings. The summed E-state index contributed by atoms with van der Waals surface area (Å²) in [6, 6.07) is 15.2. The number of thioether (sulfide) groups is 1. The van der Waals surface area contributed by atoms with Gasteiger partial charge in [0.1, 0.15) is 11.6 Å². The lowest BCUT2D eigenvalue weighted by molar-refractivity contribution is -0.113. The van der Waals surface area contributed by atoms with Gasteiger partial charge >= 0.3 is 0 Å². The van der Waals surface area contributed by atoms with Gasteiger partial charge in [-0.25, -0.2) is 9.37 Å². The highest BCUT2D eigenvalue weighted by molar-refractivity contribution is 8.00. The molecule has 33 heavy (non-hydrogen) atoms. The molecule has 3 aromatic carbocycles. The van der Waals surface area contributed by atoms with Gasteiger partial charge in [0.15, 0.2) is 0 Å². The summed E-state index contributed by atoms with van der Waals surface area (Å²) in [6.45, 7) is 5.78. The predicted molar refractivity (Wildman–Crippen MR) is 132 cm³/mol. The Labute approximate surface area is 199 Å². The van der Waals surface area contributed by atoms with Crippen LogP contribution in [0.2, 0.25) is 5.02 Å². The third-order valence-electron chi connectivity index (χ3n) is 5.40. The zero-order chi connectivity index (χ0) is 23.7. The van der Waals surface area contributed by atoms with Crippen molar-refractivity contribution in [3.8, 4) is 5.69 Å². The van der Waals surface area contributed by atoms with Gasteiger partial charge < -0.3 is 5.32 Å². The molecule has 4 rings (SSSR count). The number of rotatable bonds is 5. The zero-order valence-electron chi connectivity index (χ0n) is 18.3. The van der Waals surface area contributed by atoms with Crippen LogP contribution in [0.5, 0.6) is 0 Å². The third kappa shape index (κ3) is 4.79. The molecule has 1 aromatic heterocycles. The van der Waals surface area contributed by atoms with Gasteiger partial charge in [-0.2, -0.15) is 0 Å². The van der Waals surface area contributed by atoms with Crippen LogP contribution in [0.1, 0.15) is 17.0 Å². The molecule has 1 amide bonds. The van der Waals surface area contributed by atoms with Gasteiger partial charge in [-0.15, -0.1) is 11.8 Å². The number of carbonyl (C=O) groups is 1. The van der Waals surface area contributed by atoms with Gasteiger partial charge in [0, 0.05) is 9.92 Å². The number of hydrogen-bond donors (Lipinski definition) is 1. The maximum absolute atomic E-state index is 13.8. The van der Waals surface area contributed by atoms with Crippen LogP contribution >= 0.6 is 23.4 Å². The third-order valence-corrected chi connectivity index (χ3v) is 6.65. The van der Waals surface area contributed by atoms with Crippen LogP contribution in [0.3, 0.4) is 0 Å². The lowest BCUT2D eigenvalue weighted by Crippen LogP contribution is -2.22. The van der Waals surface area contributed by atoms with Crippen LogP contribution in [-0.2, 0) is 4.79 Å². The first-order valence-electron chi connectivity index (χ1n) is 10.2. The number of amides is 1. The van der Waals surface area contributed by atoms with E-state index in [0.717, 1.165) is 27.6 Å². The quantitative estimate of drug-likeness (QED) is 0.364. The van der Waals surface area contributed by atoms with Crippen molar-refractivity contribution in [2.75, 3.05) is 11.1 Å². The first-order chi connectivity index (χ1) is 15.7. The van der Waals surface area contributed by atoms with Gasteiger partial charge in [-0.1, -0.05) is 17.7 Å². The van der Waals surface area contributed by atoms with E-state index < -0.39 is 5.82 Å². The number of benzene rings is 3. The number of anilines is 1. The number of aryl methyl sites for hydroxylation is 3. The second-order valence-electron chi connectivity index (χ2n) is 7.66. The van der Waals surface area contributed by atoms with Gasteiger partial charge in [-0.05, 0) is 80.4 Å². The van der Waals surface area contributed by atoms with E-state index in [1.54, 1.807) is 4.57 Å². The monoisotopic (exact) mass is 481 g/mol. The van der Waals surface area contributed by atoms with Crippen molar-refractivity contribution < 1.29 is 9.18 Å². The Morgan fingerprint density at radius 2 is 1.82 bits per heavy atom. The molecule has 0 unspecified atom stereocenters. The van der Waals surface area contributed by atoms with Crippen molar-refractivity contribution in [3.05, 3.63) is 92.7 Å². The van der Waals surface area contributed by atoms with Crippen LogP contribution in [0, 0.1) is 26.6 Å². The van der Waals surface area contributed by atoms with Gasteiger partial charge in [0.2, 0.25) is 5.91 Å². The summed E-state index contributed by atoms with van der Waals surface area (Å²) in [5.74, 6) is -0.204. The standard InChI is InChI=1S/C25H21ClFN3O2S/c1-14-4-10-20-24(15(14)2)28-16(3)30(25(20)32)18-6-8-19(9-7-18)33-13-23(31)29-22-11-5-17(26)12-21(22)27/h4-12H,13H2,1-3H3,(H,29,31). The Balaban J connectivity index is 1.50. The molecule has 1 heterocycles. The molecule has 8 heteroatoms. The normalized spacial score (nSPS) is 11.1. The average Bonchev–Trinajstić information content (AvgIpc) is 2.78. The minimum absolute atomic E-state index is 0.0874. The fourth-order valence-corrected chi connectivity index (χ4v) is 4.38. The molecule has 0 atom stereocenters. The summed E-state index contributed by atoms with van der Waals surface area (Å²) in [6.07, 6.45) is 0. The molecular formula is C25H21ClFN3O2S. The first kappa shape index (κ1) is 23.0. The van der Waals surface area contributed by atoms with Crippen LogP contribution in [0.15, 0.2) is 64.3 Å². The van der Waals surface area contributed by atoms with Crippen LogP contribution in [0.25, 0.3) is 16.6 Å². The second kappa shape index (κ2) is 9.37. The molecule has 168 valence electrons. The van der Waals surface area contributed by atoms with E-state index >= 15 is 0 Å². The smallest absolute Gasteiger partial charge is 0.265 e. The van der Waals surface area contributed by atoms with Crippen molar-refractivity contribution in [2.24, 2.45) is 0 Å². The summed E-state index contributed by atoms with van der Waals surface area (Å²) >= 11 is 7.04. The van der Waals surface area contributed by atoms with Crippen molar-refractivity contribution in [1.29, 1.82) is 0 Å². The molecule has 0 saturated heterocycles. The zero-order valence-corrected chi connectivity index (χ0v) is 19.9. The van der Waals surface area contributed by atoms with Crippen LogP contribution in [0.4, 0.5) is 10.1 Å². The van der Waals surface area contributed by atoms with Crippen molar-refractivity contribution >= 4 is 45.9 Å². The Morgan fingerprint density at radius 1 is 1.09 bits per heavy atom. The minimum atomic E-state index is -0.583. The number of aromatic nitrogens is 2. The Hall–Kier alpha value is -3.16. The fraction of sp³-hybridized carbons (Fsp3) is 0.160. The number of nitrogens with zero attached hydrogens (tertiary/aromatic N) is 2. The second-order valence-corrected chi connectivity index (χ2v) is 9.14. The van der Waals surface area contributed by atoms with E-state index in [9.17, 15) is 14.0 Å². The highest BCUT2D eigenvalue weighted by Crippen LogP contribution is 2.23. The van der Waals surface area contributed by atoms with E-state index in [1.807, 2.05) is 57.2 Å². The largest absolute Gasteiger partial charge is 0.323 e. The Bertz CT molecular complexity index is 1430. The van der Waals surface area contributed by atoms with Gasteiger partial charge in [-0.3, -0.25) is 14.2 Å². The number of halogens is 2. The molecule has 0 radical (unpaired) electrons. The molecular weight excluding hydrogens is 461 g/mol. The average molecular weight is 482 g/mol. The maximum Gasteiger partial charge on any atom is 0.265 e. The lowest BCUT2D eigenvalue weighted by atomic mass is 10.1. The highest BCUT2D eigenvalue weighted by atomic mass is 35.5. The van der Waals surface area contributed by atoms with E-state index in [2.05, 4.69) is 10.3 Å². The Morgan fingerprint density at radius 3 is 2.52 bits per heavy atom. The fourth-order valence-electron chi connectivity index (χ4n) is 3.52. The van der Waals surface area contributed by atoms with Crippen LogP contribution in [-0.4, -0.2) is 21.2 Å². The van der Waals surface area contributed by atoms with Gasteiger partial charge in [0.05, 0.1) is 28.0 Å². The molecule has 0 spiro atoms. The summed E-state index contributed by atoms with van der Waals surface area (Å²) in [4.78, 5) is 30.9. The number of fused-ring (bicyclic) bond motifs is 1. The maximum atomic E-state index is 13.8. The molecule has 0 aliphatic rings. The SMILES string of the molecule is Cc1ccc2c(=O)n(-c3ccc(SCC(=O)Nc4ccc(Cl)cc4F)cc3)c(C)nc2c1C. The summed E-state index contributed by atoms with van der Waals surface area (Å²) < 4.78 is 15.4. The van der Waals surface area contributed by atoms with E-state index in [-0.39, 0.29) is 27.9 Å². The molecule has 1 N–H and O–H groups in total. The number of carbonyl (C=O) groups excluding carboxylic acids is 1. The number of hydrogen-bond acceptors (Lipinski definition) is 4.